The van der Waals surface area contributed by atoms with Gasteiger partial charge in [-0.25, -0.2) is 4.98 Å². The van der Waals surface area contributed by atoms with E-state index in [-0.39, 0.29) is 29.5 Å². The van der Waals surface area contributed by atoms with Crippen LogP contribution in [0.2, 0.25) is 0 Å². The summed E-state index contributed by atoms with van der Waals surface area (Å²) in [5, 5.41) is 10.3. The summed E-state index contributed by atoms with van der Waals surface area (Å²) < 4.78 is 22.4. The molecule has 8 heteroatoms. The summed E-state index contributed by atoms with van der Waals surface area (Å²) in [4.78, 5) is 29.8. The lowest BCUT2D eigenvalue weighted by molar-refractivity contribution is -0.156. The predicted octanol–water partition coefficient (Wildman–Crippen LogP) is 5.82. The first-order valence-corrected chi connectivity index (χ1v) is 14.0. The summed E-state index contributed by atoms with van der Waals surface area (Å²) in [6.07, 6.45) is 3.02. The van der Waals surface area contributed by atoms with Crippen molar-refractivity contribution in [1.29, 1.82) is 0 Å². The van der Waals surface area contributed by atoms with Crippen LogP contribution in [0.1, 0.15) is 60.8 Å². The number of pyridine rings is 1. The third kappa shape index (κ3) is 9.05. The molecule has 0 saturated carbocycles. The van der Waals surface area contributed by atoms with Crippen LogP contribution < -0.4 is 9.47 Å². The molecule has 0 spiro atoms. The molecule has 0 unspecified atom stereocenters. The Morgan fingerprint density at radius 1 is 0.951 bits per heavy atom. The lowest BCUT2D eigenvalue weighted by Crippen LogP contribution is -2.32. The van der Waals surface area contributed by atoms with Gasteiger partial charge >= 0.3 is 5.97 Å². The van der Waals surface area contributed by atoms with Gasteiger partial charge < -0.3 is 24.1 Å². The Hall–Kier alpha value is -3.91. The van der Waals surface area contributed by atoms with Crippen molar-refractivity contribution in [2.45, 2.75) is 52.6 Å². The largest absolute Gasteiger partial charge is 0.503 e. The lowest BCUT2D eigenvalue weighted by Gasteiger charge is -2.26. The van der Waals surface area contributed by atoms with Crippen molar-refractivity contribution < 1.29 is 33.6 Å². The minimum absolute atomic E-state index is 0.101. The SMILES string of the molecule is CCCOC[C@@H](Cc1ccc(OC)c(Cc2ccccc2)c1)[C@H](C)OC(=O)[C@H](C)CC(=O)c1nccc(OC)c1O. The summed E-state index contributed by atoms with van der Waals surface area (Å²) in [6, 6.07) is 17.8. The molecule has 0 aliphatic carbocycles. The second kappa shape index (κ2) is 15.8. The average molecular weight is 564 g/mol. The van der Waals surface area contributed by atoms with Crippen molar-refractivity contribution in [3.05, 3.63) is 83.2 Å². The van der Waals surface area contributed by atoms with Crippen molar-refractivity contribution in [2.75, 3.05) is 27.4 Å². The van der Waals surface area contributed by atoms with E-state index in [9.17, 15) is 14.7 Å². The van der Waals surface area contributed by atoms with Crippen molar-refractivity contribution in [3.63, 3.8) is 0 Å². The van der Waals surface area contributed by atoms with E-state index in [1.807, 2.05) is 44.2 Å². The van der Waals surface area contributed by atoms with E-state index >= 15 is 0 Å². The number of aromatic hydroxyl groups is 1. The molecular weight excluding hydrogens is 522 g/mol. The molecule has 0 aliphatic rings. The second-order valence-corrected chi connectivity index (χ2v) is 10.2. The van der Waals surface area contributed by atoms with Gasteiger partial charge in [-0.15, -0.1) is 0 Å². The van der Waals surface area contributed by atoms with Gasteiger partial charge in [-0.05, 0) is 42.5 Å². The van der Waals surface area contributed by atoms with Crippen LogP contribution in [0.4, 0.5) is 0 Å². The van der Waals surface area contributed by atoms with Gasteiger partial charge in [0.2, 0.25) is 0 Å². The van der Waals surface area contributed by atoms with Gasteiger partial charge in [-0.1, -0.05) is 56.3 Å². The van der Waals surface area contributed by atoms with Crippen LogP contribution >= 0.6 is 0 Å². The molecule has 0 amide bonds. The standard InChI is InChI=1S/C33H41NO7/c1-6-16-40-21-27(20-25-12-13-29(38-4)26(19-25)18-24-10-8-7-9-11-24)23(3)41-33(37)22(2)17-28(35)31-32(36)30(39-5)14-15-34-31/h7-15,19,22-23,27,36H,6,16-18,20-21H2,1-5H3/t22-,23+,27-/m1/s1. The molecule has 3 atom stereocenters. The van der Waals surface area contributed by atoms with E-state index < -0.39 is 23.8 Å². The molecule has 3 aromatic rings. The van der Waals surface area contributed by atoms with Gasteiger partial charge in [-0.3, -0.25) is 9.59 Å². The van der Waals surface area contributed by atoms with Crippen molar-refractivity contribution in [2.24, 2.45) is 11.8 Å². The first-order chi connectivity index (χ1) is 19.8. The van der Waals surface area contributed by atoms with Crippen molar-refractivity contribution >= 4 is 11.8 Å². The van der Waals surface area contributed by atoms with Crippen LogP contribution in [0.5, 0.6) is 17.2 Å². The van der Waals surface area contributed by atoms with Gasteiger partial charge in [0.15, 0.2) is 23.0 Å². The fraction of sp³-hybridized carbons (Fsp3) is 0.424. The highest BCUT2D eigenvalue weighted by atomic mass is 16.5. The number of aromatic nitrogens is 1. The molecule has 0 saturated heterocycles. The van der Waals surface area contributed by atoms with E-state index in [0.717, 1.165) is 29.7 Å². The average Bonchev–Trinajstić information content (AvgIpc) is 2.97. The van der Waals surface area contributed by atoms with Crippen LogP contribution in [-0.2, 0) is 27.1 Å². The number of carbonyl (C=O) groups is 2. The Kier molecular flexibility index (Phi) is 12.2. The Balaban J connectivity index is 1.70. The molecule has 1 heterocycles. The van der Waals surface area contributed by atoms with E-state index in [4.69, 9.17) is 18.9 Å². The maximum Gasteiger partial charge on any atom is 0.309 e. The number of hydrogen-bond donors (Lipinski definition) is 1. The monoisotopic (exact) mass is 563 g/mol. The van der Waals surface area contributed by atoms with Crippen LogP contribution in [0.3, 0.4) is 0 Å². The number of benzene rings is 2. The number of ketones is 1. The summed E-state index contributed by atoms with van der Waals surface area (Å²) in [5.74, 6) is -1.16. The number of Topliss-reactive ketones (excluding diaryl/α,β-unsaturated/α-hetero) is 1. The molecule has 1 aromatic heterocycles. The Morgan fingerprint density at radius 2 is 1.68 bits per heavy atom. The molecule has 0 radical (unpaired) electrons. The zero-order chi connectivity index (χ0) is 29.8. The van der Waals surface area contributed by atoms with E-state index in [1.54, 1.807) is 14.0 Å². The van der Waals surface area contributed by atoms with Crippen LogP contribution in [0.25, 0.3) is 0 Å². The van der Waals surface area contributed by atoms with E-state index in [1.165, 1.54) is 24.9 Å². The first kappa shape index (κ1) is 31.6. The second-order valence-electron chi connectivity index (χ2n) is 10.2. The summed E-state index contributed by atoms with van der Waals surface area (Å²) in [5.41, 5.74) is 3.23. The minimum atomic E-state index is -0.729. The lowest BCUT2D eigenvalue weighted by atomic mass is 9.92. The number of hydrogen-bond acceptors (Lipinski definition) is 8. The summed E-state index contributed by atoms with van der Waals surface area (Å²) in [7, 11) is 3.06. The van der Waals surface area contributed by atoms with Crippen LogP contribution in [0.15, 0.2) is 60.8 Å². The molecule has 1 N–H and O–H groups in total. The highest BCUT2D eigenvalue weighted by Crippen LogP contribution is 2.30. The quantitative estimate of drug-likeness (QED) is 0.132. The minimum Gasteiger partial charge on any atom is -0.503 e. The molecule has 8 nitrogen and oxygen atoms in total. The first-order valence-electron chi connectivity index (χ1n) is 14.0. The molecule has 0 fully saturated rings. The Labute approximate surface area is 242 Å². The molecular formula is C33H41NO7. The smallest absolute Gasteiger partial charge is 0.309 e. The normalized spacial score (nSPS) is 13.2. The highest BCUT2D eigenvalue weighted by molar-refractivity contribution is 5.99. The predicted molar refractivity (Wildman–Crippen MR) is 157 cm³/mol. The van der Waals surface area contributed by atoms with Crippen molar-refractivity contribution in [3.8, 4) is 17.2 Å². The topological polar surface area (TPSA) is 104 Å². The van der Waals surface area contributed by atoms with Gasteiger partial charge in [0.05, 0.1) is 26.7 Å². The number of ether oxygens (including phenoxy) is 4. The highest BCUT2D eigenvalue weighted by Gasteiger charge is 2.28. The number of methoxy groups -OCH3 is 2. The molecule has 0 bridgehead atoms. The Morgan fingerprint density at radius 3 is 2.37 bits per heavy atom. The molecule has 0 aliphatic heterocycles. The van der Waals surface area contributed by atoms with Gasteiger partial charge in [0, 0.05) is 37.6 Å². The maximum atomic E-state index is 13.0. The maximum absolute atomic E-state index is 13.0. The fourth-order valence-corrected chi connectivity index (χ4v) is 4.61. The van der Waals surface area contributed by atoms with Gasteiger partial charge in [0.25, 0.3) is 0 Å². The number of nitrogens with zero attached hydrogens (tertiary/aromatic N) is 1. The molecule has 2 aromatic carbocycles. The molecule has 3 rings (SSSR count). The van der Waals surface area contributed by atoms with E-state index in [0.29, 0.717) is 19.6 Å². The van der Waals surface area contributed by atoms with Gasteiger partial charge in [0.1, 0.15) is 11.9 Å². The number of rotatable bonds is 16. The van der Waals surface area contributed by atoms with Crippen LogP contribution in [0, 0.1) is 11.8 Å². The van der Waals surface area contributed by atoms with Crippen LogP contribution in [-0.4, -0.2) is 55.4 Å². The zero-order valence-electron chi connectivity index (χ0n) is 24.6. The zero-order valence-corrected chi connectivity index (χ0v) is 24.6. The molecule has 220 valence electrons. The van der Waals surface area contributed by atoms with Gasteiger partial charge in [-0.2, -0.15) is 0 Å². The number of carbonyl (C=O) groups excluding carboxylic acids is 2. The van der Waals surface area contributed by atoms with E-state index in [2.05, 4.69) is 23.2 Å². The summed E-state index contributed by atoms with van der Waals surface area (Å²) in [6.45, 7) is 6.58. The third-order valence-corrected chi connectivity index (χ3v) is 6.99. The van der Waals surface area contributed by atoms with Crippen molar-refractivity contribution in [1.82, 2.24) is 4.98 Å². The summed E-state index contributed by atoms with van der Waals surface area (Å²) >= 11 is 0. The third-order valence-electron chi connectivity index (χ3n) is 6.99. The Bertz CT molecular complexity index is 1280. The fourth-order valence-electron chi connectivity index (χ4n) is 4.61. The molecule has 41 heavy (non-hydrogen) atoms. The number of esters is 1.